The standard InChI is InChI=1S/C17H18N4O2S/c1-11-15(12(2)21(20-11)7-8-22)19-16(23)13-4-3-5-14(10-13)17-18-6-9-24-17/h3-6,9-10,22H,7-8H2,1-2H3,(H,19,23). The van der Waals surface area contributed by atoms with Crippen molar-refractivity contribution in [2.24, 2.45) is 0 Å². The van der Waals surface area contributed by atoms with E-state index in [9.17, 15) is 4.79 Å². The van der Waals surface area contributed by atoms with Crippen LogP contribution in [0.2, 0.25) is 0 Å². The molecular weight excluding hydrogens is 324 g/mol. The summed E-state index contributed by atoms with van der Waals surface area (Å²) in [4.78, 5) is 16.9. The van der Waals surface area contributed by atoms with E-state index in [2.05, 4.69) is 15.4 Å². The highest BCUT2D eigenvalue weighted by Gasteiger charge is 2.15. The largest absolute Gasteiger partial charge is 0.394 e. The number of aryl methyl sites for hydroxylation is 1. The van der Waals surface area contributed by atoms with Gasteiger partial charge in [-0.15, -0.1) is 11.3 Å². The molecular formula is C17H18N4O2S. The molecule has 0 aliphatic heterocycles. The molecule has 24 heavy (non-hydrogen) atoms. The van der Waals surface area contributed by atoms with Crippen molar-refractivity contribution in [3.63, 3.8) is 0 Å². The second-order valence-corrected chi connectivity index (χ2v) is 6.26. The number of anilines is 1. The molecule has 0 saturated carbocycles. The number of nitrogens with one attached hydrogen (secondary N) is 1. The zero-order valence-corrected chi connectivity index (χ0v) is 14.3. The summed E-state index contributed by atoms with van der Waals surface area (Å²) in [6.45, 7) is 4.12. The van der Waals surface area contributed by atoms with Gasteiger partial charge >= 0.3 is 0 Å². The Hall–Kier alpha value is -2.51. The summed E-state index contributed by atoms with van der Waals surface area (Å²) in [7, 11) is 0. The number of aromatic nitrogens is 3. The molecule has 3 rings (SSSR count). The molecule has 2 N–H and O–H groups in total. The maximum absolute atomic E-state index is 12.6. The number of benzene rings is 1. The maximum Gasteiger partial charge on any atom is 0.255 e. The van der Waals surface area contributed by atoms with Crippen LogP contribution in [-0.2, 0) is 6.54 Å². The van der Waals surface area contributed by atoms with E-state index in [0.717, 1.165) is 22.0 Å². The zero-order chi connectivity index (χ0) is 17.1. The highest BCUT2D eigenvalue weighted by atomic mass is 32.1. The third-order valence-corrected chi connectivity index (χ3v) is 4.56. The fourth-order valence-electron chi connectivity index (χ4n) is 2.54. The minimum atomic E-state index is -0.192. The lowest BCUT2D eigenvalue weighted by atomic mass is 10.1. The summed E-state index contributed by atoms with van der Waals surface area (Å²) >= 11 is 1.53. The summed E-state index contributed by atoms with van der Waals surface area (Å²) in [5.74, 6) is -0.192. The molecule has 7 heteroatoms. The van der Waals surface area contributed by atoms with Gasteiger partial charge in [0.05, 0.1) is 30.2 Å². The number of aliphatic hydroxyl groups excluding tert-OH is 1. The van der Waals surface area contributed by atoms with Crippen molar-refractivity contribution in [1.82, 2.24) is 14.8 Å². The fraction of sp³-hybridized carbons (Fsp3) is 0.235. The summed E-state index contributed by atoms with van der Waals surface area (Å²) < 4.78 is 1.69. The highest BCUT2D eigenvalue weighted by molar-refractivity contribution is 7.13. The van der Waals surface area contributed by atoms with Gasteiger partial charge in [-0.3, -0.25) is 9.48 Å². The second kappa shape index (κ2) is 6.94. The molecule has 124 valence electrons. The molecule has 0 aliphatic carbocycles. The highest BCUT2D eigenvalue weighted by Crippen LogP contribution is 2.24. The van der Waals surface area contributed by atoms with Crippen molar-refractivity contribution >= 4 is 22.9 Å². The molecule has 2 heterocycles. The molecule has 2 aromatic heterocycles. The van der Waals surface area contributed by atoms with Crippen LogP contribution in [0.3, 0.4) is 0 Å². The first-order valence-electron chi connectivity index (χ1n) is 7.56. The molecule has 0 spiro atoms. The van der Waals surface area contributed by atoms with E-state index in [1.807, 2.05) is 37.4 Å². The van der Waals surface area contributed by atoms with Crippen LogP contribution >= 0.6 is 11.3 Å². The molecule has 0 saturated heterocycles. The van der Waals surface area contributed by atoms with E-state index in [0.29, 0.717) is 17.8 Å². The average molecular weight is 342 g/mol. The summed E-state index contributed by atoms with van der Waals surface area (Å²) in [5, 5.41) is 19.1. The quantitative estimate of drug-likeness (QED) is 0.747. The molecule has 0 fully saturated rings. The van der Waals surface area contributed by atoms with Crippen LogP contribution in [0.25, 0.3) is 10.6 Å². The van der Waals surface area contributed by atoms with Gasteiger partial charge in [-0.05, 0) is 26.0 Å². The Balaban J connectivity index is 1.85. The smallest absolute Gasteiger partial charge is 0.255 e. The van der Waals surface area contributed by atoms with Gasteiger partial charge in [0.15, 0.2) is 0 Å². The summed E-state index contributed by atoms with van der Waals surface area (Å²) in [6.07, 6.45) is 1.75. The lowest BCUT2D eigenvalue weighted by molar-refractivity contribution is 0.102. The van der Waals surface area contributed by atoms with E-state index in [1.54, 1.807) is 16.9 Å². The first-order chi connectivity index (χ1) is 11.6. The van der Waals surface area contributed by atoms with Gasteiger partial charge in [0.1, 0.15) is 5.01 Å². The summed E-state index contributed by atoms with van der Waals surface area (Å²) in [6, 6.07) is 7.39. The Labute approximate surface area is 143 Å². The van der Waals surface area contributed by atoms with Crippen LogP contribution < -0.4 is 5.32 Å². The molecule has 0 bridgehead atoms. The summed E-state index contributed by atoms with van der Waals surface area (Å²) in [5.41, 5.74) is 3.72. The molecule has 3 aromatic rings. The minimum absolute atomic E-state index is 0.00516. The number of carbonyl (C=O) groups is 1. The maximum atomic E-state index is 12.6. The van der Waals surface area contributed by atoms with Gasteiger partial charge in [0.2, 0.25) is 0 Å². The molecule has 1 aromatic carbocycles. The van der Waals surface area contributed by atoms with Crippen LogP contribution in [-0.4, -0.2) is 32.4 Å². The Kier molecular flexibility index (Phi) is 4.73. The molecule has 1 amide bonds. The first kappa shape index (κ1) is 16.4. The number of amides is 1. The van der Waals surface area contributed by atoms with E-state index >= 15 is 0 Å². The number of rotatable bonds is 5. The number of hydrogen-bond donors (Lipinski definition) is 2. The first-order valence-corrected chi connectivity index (χ1v) is 8.44. The van der Waals surface area contributed by atoms with E-state index in [4.69, 9.17) is 5.11 Å². The Bertz CT molecular complexity index is 856. The lowest BCUT2D eigenvalue weighted by Crippen LogP contribution is -2.13. The number of hydrogen-bond acceptors (Lipinski definition) is 5. The number of carbonyl (C=O) groups excluding carboxylic acids is 1. The second-order valence-electron chi connectivity index (χ2n) is 5.36. The molecule has 0 unspecified atom stereocenters. The van der Waals surface area contributed by atoms with Crippen molar-refractivity contribution < 1.29 is 9.90 Å². The predicted molar refractivity (Wildman–Crippen MR) is 94.3 cm³/mol. The van der Waals surface area contributed by atoms with Crippen LogP contribution in [0.4, 0.5) is 5.69 Å². The average Bonchev–Trinajstić information content (AvgIpc) is 3.20. The van der Waals surface area contributed by atoms with Crippen molar-refractivity contribution in [1.29, 1.82) is 0 Å². The van der Waals surface area contributed by atoms with E-state index in [1.165, 1.54) is 11.3 Å². The Morgan fingerprint density at radius 3 is 2.92 bits per heavy atom. The molecule has 0 aliphatic rings. The Morgan fingerprint density at radius 2 is 2.21 bits per heavy atom. The topological polar surface area (TPSA) is 80.0 Å². The number of thiazole rings is 1. The lowest BCUT2D eigenvalue weighted by Gasteiger charge is -2.07. The zero-order valence-electron chi connectivity index (χ0n) is 13.5. The monoisotopic (exact) mass is 342 g/mol. The normalized spacial score (nSPS) is 10.8. The van der Waals surface area contributed by atoms with Crippen molar-refractivity contribution in [2.45, 2.75) is 20.4 Å². The van der Waals surface area contributed by atoms with Crippen LogP contribution in [0.1, 0.15) is 21.7 Å². The van der Waals surface area contributed by atoms with E-state index in [-0.39, 0.29) is 12.5 Å². The van der Waals surface area contributed by atoms with Gasteiger partial charge in [0.25, 0.3) is 5.91 Å². The van der Waals surface area contributed by atoms with Gasteiger partial charge in [-0.2, -0.15) is 5.10 Å². The fourth-order valence-corrected chi connectivity index (χ4v) is 3.17. The SMILES string of the molecule is Cc1nn(CCO)c(C)c1NC(=O)c1cccc(-c2nccs2)c1. The Morgan fingerprint density at radius 1 is 1.38 bits per heavy atom. The van der Waals surface area contributed by atoms with Crippen molar-refractivity contribution in [2.75, 3.05) is 11.9 Å². The third-order valence-electron chi connectivity index (χ3n) is 3.74. The van der Waals surface area contributed by atoms with Gasteiger partial charge in [-0.25, -0.2) is 4.98 Å². The number of nitrogens with zero attached hydrogens (tertiary/aromatic N) is 3. The van der Waals surface area contributed by atoms with Crippen LogP contribution in [0, 0.1) is 13.8 Å². The van der Waals surface area contributed by atoms with Gasteiger partial charge < -0.3 is 10.4 Å². The van der Waals surface area contributed by atoms with Crippen molar-refractivity contribution in [3.05, 3.63) is 52.8 Å². The minimum Gasteiger partial charge on any atom is -0.394 e. The van der Waals surface area contributed by atoms with Gasteiger partial charge in [-0.1, -0.05) is 12.1 Å². The van der Waals surface area contributed by atoms with Crippen molar-refractivity contribution in [3.8, 4) is 10.6 Å². The van der Waals surface area contributed by atoms with Crippen LogP contribution in [0.15, 0.2) is 35.8 Å². The third kappa shape index (κ3) is 3.22. The van der Waals surface area contributed by atoms with E-state index < -0.39 is 0 Å². The number of aliphatic hydroxyl groups is 1. The van der Waals surface area contributed by atoms with Gasteiger partial charge in [0, 0.05) is 22.7 Å². The predicted octanol–water partition coefficient (Wildman–Crippen LogP) is 2.87. The van der Waals surface area contributed by atoms with Crippen LogP contribution in [0.5, 0.6) is 0 Å². The molecule has 0 radical (unpaired) electrons. The molecule has 0 atom stereocenters. The molecule has 6 nitrogen and oxygen atoms in total.